The van der Waals surface area contributed by atoms with Gasteiger partial charge in [-0.15, -0.1) is 0 Å². The second-order valence-electron chi connectivity index (χ2n) is 3.46. The lowest BCUT2D eigenvalue weighted by atomic mass is 10.2. The van der Waals surface area contributed by atoms with Crippen molar-refractivity contribution in [3.05, 3.63) is 60.1 Å². The van der Waals surface area contributed by atoms with Gasteiger partial charge < -0.3 is 9.15 Å². The third kappa shape index (κ3) is 3.18. The summed E-state index contributed by atoms with van der Waals surface area (Å²) < 4.78 is 10.1. The number of ether oxygens (including phenoxy) is 1. The molecule has 4 heteroatoms. The Bertz CT molecular complexity index is 550. The third-order valence-electron chi connectivity index (χ3n) is 2.16. The van der Waals surface area contributed by atoms with Crippen LogP contribution in [0.15, 0.2) is 53.2 Å². The number of carbonyl (C=O) groups excluding carboxylic acids is 2. The molecule has 2 aromatic rings. The lowest BCUT2D eigenvalue weighted by Crippen LogP contribution is -2.03. The van der Waals surface area contributed by atoms with Crippen LogP contribution in [0.1, 0.15) is 16.1 Å². The molecule has 0 unspecified atom stereocenters. The van der Waals surface area contributed by atoms with Crippen molar-refractivity contribution in [2.24, 2.45) is 0 Å². The molecule has 90 valence electrons. The first-order chi connectivity index (χ1) is 8.78. The standard InChI is InChI=1S/C14H10O4/c15-10-11-3-5-13(6-4-11)18-14(16)8-7-12-2-1-9-17-12/h1-10H/b8-7+. The highest BCUT2D eigenvalue weighted by atomic mass is 16.5. The van der Waals surface area contributed by atoms with Crippen molar-refractivity contribution in [2.75, 3.05) is 0 Å². The number of hydrogen-bond donors (Lipinski definition) is 0. The Morgan fingerprint density at radius 2 is 1.94 bits per heavy atom. The van der Waals surface area contributed by atoms with Crippen LogP contribution >= 0.6 is 0 Å². The maximum atomic E-state index is 11.4. The van der Waals surface area contributed by atoms with E-state index in [0.29, 0.717) is 17.1 Å². The van der Waals surface area contributed by atoms with Crippen molar-refractivity contribution in [1.29, 1.82) is 0 Å². The maximum absolute atomic E-state index is 11.4. The van der Waals surface area contributed by atoms with Crippen molar-refractivity contribution in [2.45, 2.75) is 0 Å². The molecular formula is C14H10O4. The van der Waals surface area contributed by atoms with Gasteiger partial charge in [0.1, 0.15) is 17.8 Å². The number of esters is 1. The van der Waals surface area contributed by atoms with Gasteiger partial charge in [0, 0.05) is 11.6 Å². The topological polar surface area (TPSA) is 56.5 Å². The van der Waals surface area contributed by atoms with Crippen molar-refractivity contribution in [3.63, 3.8) is 0 Å². The van der Waals surface area contributed by atoms with E-state index in [9.17, 15) is 9.59 Å². The van der Waals surface area contributed by atoms with Gasteiger partial charge in [-0.2, -0.15) is 0 Å². The Hall–Kier alpha value is -2.62. The fourth-order valence-electron chi connectivity index (χ4n) is 1.30. The molecule has 4 nitrogen and oxygen atoms in total. The molecule has 2 rings (SSSR count). The third-order valence-corrected chi connectivity index (χ3v) is 2.16. The second kappa shape index (κ2) is 5.63. The van der Waals surface area contributed by atoms with Gasteiger partial charge in [0.15, 0.2) is 0 Å². The monoisotopic (exact) mass is 242 g/mol. The van der Waals surface area contributed by atoms with E-state index in [1.165, 1.54) is 18.4 Å². The summed E-state index contributed by atoms with van der Waals surface area (Å²) >= 11 is 0. The van der Waals surface area contributed by atoms with Crippen LogP contribution in [-0.2, 0) is 4.79 Å². The van der Waals surface area contributed by atoms with E-state index in [4.69, 9.17) is 9.15 Å². The number of furan rings is 1. The smallest absolute Gasteiger partial charge is 0.336 e. The van der Waals surface area contributed by atoms with Crippen LogP contribution in [0.4, 0.5) is 0 Å². The van der Waals surface area contributed by atoms with E-state index in [1.807, 2.05) is 0 Å². The number of aldehydes is 1. The molecule has 0 bridgehead atoms. The van der Waals surface area contributed by atoms with Crippen molar-refractivity contribution < 1.29 is 18.7 Å². The highest BCUT2D eigenvalue weighted by Gasteiger charge is 2.00. The van der Waals surface area contributed by atoms with E-state index in [-0.39, 0.29) is 0 Å². The van der Waals surface area contributed by atoms with Gasteiger partial charge in [-0.1, -0.05) is 0 Å². The molecule has 0 spiro atoms. The van der Waals surface area contributed by atoms with E-state index in [1.54, 1.807) is 36.4 Å². The highest BCUT2D eigenvalue weighted by molar-refractivity contribution is 5.88. The fourth-order valence-corrected chi connectivity index (χ4v) is 1.30. The summed E-state index contributed by atoms with van der Waals surface area (Å²) in [4.78, 5) is 21.9. The number of benzene rings is 1. The zero-order valence-corrected chi connectivity index (χ0v) is 9.41. The van der Waals surface area contributed by atoms with E-state index >= 15 is 0 Å². The fraction of sp³-hybridized carbons (Fsp3) is 0. The molecule has 0 aliphatic heterocycles. The summed E-state index contributed by atoms with van der Waals surface area (Å²) in [5.74, 6) is 0.447. The molecular weight excluding hydrogens is 232 g/mol. The van der Waals surface area contributed by atoms with Crippen molar-refractivity contribution >= 4 is 18.3 Å². The minimum absolute atomic E-state index is 0.384. The Labute approximate surface area is 103 Å². The van der Waals surface area contributed by atoms with Crippen molar-refractivity contribution in [3.8, 4) is 5.75 Å². The molecule has 1 heterocycles. The number of rotatable bonds is 4. The van der Waals surface area contributed by atoms with E-state index in [0.717, 1.165) is 6.29 Å². The van der Waals surface area contributed by atoms with Crippen molar-refractivity contribution in [1.82, 2.24) is 0 Å². The summed E-state index contributed by atoms with van der Waals surface area (Å²) in [6, 6.07) is 9.72. The Balaban J connectivity index is 1.96. The summed E-state index contributed by atoms with van der Waals surface area (Å²) in [6.45, 7) is 0. The molecule has 0 fully saturated rings. The molecule has 0 N–H and O–H groups in total. The van der Waals surface area contributed by atoms with Gasteiger partial charge in [-0.3, -0.25) is 4.79 Å². The Morgan fingerprint density at radius 3 is 2.56 bits per heavy atom. The average Bonchev–Trinajstić information content (AvgIpc) is 2.90. The first kappa shape index (κ1) is 11.9. The SMILES string of the molecule is O=Cc1ccc(OC(=O)/C=C/c2ccco2)cc1. The maximum Gasteiger partial charge on any atom is 0.336 e. The first-order valence-electron chi connectivity index (χ1n) is 5.26. The lowest BCUT2D eigenvalue weighted by molar-refractivity contribution is -0.128. The minimum atomic E-state index is -0.509. The molecule has 0 saturated heterocycles. The number of hydrogen-bond acceptors (Lipinski definition) is 4. The molecule has 0 atom stereocenters. The zero-order valence-electron chi connectivity index (χ0n) is 9.41. The molecule has 0 aliphatic rings. The Kier molecular flexibility index (Phi) is 3.71. The highest BCUT2D eigenvalue weighted by Crippen LogP contribution is 2.11. The van der Waals surface area contributed by atoms with Crippen LogP contribution in [0.5, 0.6) is 5.75 Å². The lowest BCUT2D eigenvalue weighted by Gasteiger charge is -2.00. The van der Waals surface area contributed by atoms with Gasteiger partial charge in [-0.05, 0) is 42.5 Å². The molecule has 0 aliphatic carbocycles. The Morgan fingerprint density at radius 1 is 1.17 bits per heavy atom. The zero-order chi connectivity index (χ0) is 12.8. The van der Waals surface area contributed by atoms with Gasteiger partial charge in [0.05, 0.1) is 6.26 Å². The van der Waals surface area contributed by atoms with E-state index in [2.05, 4.69) is 0 Å². The molecule has 18 heavy (non-hydrogen) atoms. The predicted octanol–water partition coefficient (Wildman–Crippen LogP) is 2.71. The first-order valence-corrected chi connectivity index (χ1v) is 5.26. The van der Waals surface area contributed by atoms with Crippen LogP contribution in [0.25, 0.3) is 6.08 Å². The van der Waals surface area contributed by atoms with E-state index < -0.39 is 5.97 Å². The molecule has 0 amide bonds. The summed E-state index contributed by atoms with van der Waals surface area (Å²) in [5.41, 5.74) is 0.529. The predicted molar refractivity (Wildman–Crippen MR) is 65.2 cm³/mol. The van der Waals surface area contributed by atoms with Crippen LogP contribution in [0, 0.1) is 0 Å². The van der Waals surface area contributed by atoms with Gasteiger partial charge in [0.25, 0.3) is 0 Å². The van der Waals surface area contributed by atoms with Gasteiger partial charge in [-0.25, -0.2) is 4.79 Å². The van der Waals surface area contributed by atoms with Gasteiger partial charge in [0.2, 0.25) is 0 Å². The molecule has 0 saturated carbocycles. The number of carbonyl (C=O) groups is 2. The van der Waals surface area contributed by atoms with Crippen LogP contribution in [-0.4, -0.2) is 12.3 Å². The summed E-state index contributed by atoms with van der Waals surface area (Å²) in [6.07, 6.45) is 5.03. The summed E-state index contributed by atoms with van der Waals surface area (Å²) in [7, 11) is 0. The average molecular weight is 242 g/mol. The molecule has 1 aromatic heterocycles. The minimum Gasteiger partial charge on any atom is -0.465 e. The summed E-state index contributed by atoms with van der Waals surface area (Å²) in [5, 5.41) is 0. The molecule has 1 aromatic carbocycles. The largest absolute Gasteiger partial charge is 0.465 e. The van der Waals surface area contributed by atoms with Gasteiger partial charge >= 0.3 is 5.97 Å². The normalized spacial score (nSPS) is 10.4. The molecule has 0 radical (unpaired) electrons. The second-order valence-corrected chi connectivity index (χ2v) is 3.46. The van der Waals surface area contributed by atoms with Crippen LogP contribution in [0.2, 0.25) is 0 Å². The van der Waals surface area contributed by atoms with Crippen LogP contribution in [0.3, 0.4) is 0 Å². The van der Waals surface area contributed by atoms with Crippen LogP contribution < -0.4 is 4.74 Å². The quantitative estimate of drug-likeness (QED) is 0.358.